The van der Waals surface area contributed by atoms with Crippen LogP contribution in [0.2, 0.25) is 0 Å². The van der Waals surface area contributed by atoms with Gasteiger partial charge in [0, 0.05) is 24.2 Å². The Hall–Kier alpha value is -3.72. The minimum atomic E-state index is -0.0706. The second-order valence-electron chi connectivity index (χ2n) is 10.5. The quantitative estimate of drug-likeness (QED) is 0.345. The number of aromatic nitrogens is 5. The summed E-state index contributed by atoms with van der Waals surface area (Å²) >= 11 is 0. The Morgan fingerprint density at radius 2 is 1.89 bits per heavy atom. The van der Waals surface area contributed by atoms with E-state index in [1.54, 1.807) is 0 Å². The van der Waals surface area contributed by atoms with E-state index in [0.29, 0.717) is 19.1 Å². The Bertz CT molecular complexity index is 1490. The Balaban J connectivity index is 1.38. The minimum absolute atomic E-state index is 0.0649. The minimum Gasteiger partial charge on any atom is -0.454 e. The van der Waals surface area contributed by atoms with Crippen LogP contribution >= 0.6 is 0 Å². The second-order valence-corrected chi connectivity index (χ2v) is 10.5. The zero-order valence-electron chi connectivity index (χ0n) is 22.0. The number of nitrogens with one attached hydrogen (secondary N) is 1. The predicted octanol–water partition coefficient (Wildman–Crippen LogP) is 5.21. The summed E-state index contributed by atoms with van der Waals surface area (Å²) in [7, 11) is 0. The highest BCUT2D eigenvalue weighted by atomic mass is 16.7. The standard InChI is InChI=1S/C29H34N6O3/c1-3-25(28-31-32-33-35(28)23-7-5-4-6-8-23)34(16-20-10-12-26-27(14-20)38-18-37-26)17-22-15-21-13-19(2)9-11-24(21)30-29(22)36/h9-15,23,25H,3-8,16-18H2,1-2H3,(H,30,36)/t25-/m1/s1. The molecule has 2 aliphatic rings. The van der Waals surface area contributed by atoms with E-state index in [-0.39, 0.29) is 18.4 Å². The highest BCUT2D eigenvalue weighted by molar-refractivity contribution is 5.79. The molecule has 0 spiro atoms. The van der Waals surface area contributed by atoms with E-state index < -0.39 is 0 Å². The van der Waals surface area contributed by atoms with Crippen LogP contribution < -0.4 is 15.0 Å². The molecule has 1 aliphatic carbocycles. The average molecular weight is 515 g/mol. The Kier molecular flexibility index (Phi) is 6.84. The molecule has 9 nitrogen and oxygen atoms in total. The molecule has 0 saturated heterocycles. The predicted molar refractivity (Wildman–Crippen MR) is 144 cm³/mol. The van der Waals surface area contributed by atoms with E-state index in [9.17, 15) is 4.79 Å². The van der Waals surface area contributed by atoms with E-state index >= 15 is 0 Å². The first-order valence-corrected chi connectivity index (χ1v) is 13.6. The lowest BCUT2D eigenvalue weighted by Gasteiger charge is -2.32. The normalized spacial score (nSPS) is 16.4. The molecule has 0 radical (unpaired) electrons. The third kappa shape index (κ3) is 4.90. The smallest absolute Gasteiger partial charge is 0.252 e. The summed E-state index contributed by atoms with van der Waals surface area (Å²) in [5, 5.41) is 14.1. The number of rotatable bonds is 8. The molecule has 2 aromatic carbocycles. The molecule has 1 aliphatic heterocycles. The van der Waals surface area contributed by atoms with Crippen molar-refractivity contribution in [1.29, 1.82) is 0 Å². The summed E-state index contributed by atoms with van der Waals surface area (Å²) < 4.78 is 13.2. The molecule has 38 heavy (non-hydrogen) atoms. The fraction of sp³-hybridized carbons (Fsp3) is 0.448. The van der Waals surface area contributed by atoms with E-state index in [2.05, 4.69) is 51.4 Å². The maximum absolute atomic E-state index is 13.2. The van der Waals surface area contributed by atoms with Gasteiger partial charge in [-0.25, -0.2) is 4.68 Å². The molecule has 3 heterocycles. The van der Waals surface area contributed by atoms with E-state index in [0.717, 1.165) is 64.2 Å². The van der Waals surface area contributed by atoms with Crippen molar-refractivity contribution in [2.75, 3.05) is 6.79 Å². The number of nitrogens with zero attached hydrogens (tertiary/aromatic N) is 5. The highest BCUT2D eigenvalue weighted by Gasteiger charge is 2.29. The lowest BCUT2D eigenvalue weighted by molar-refractivity contribution is 0.155. The van der Waals surface area contributed by atoms with E-state index in [1.807, 2.05) is 35.0 Å². The number of ether oxygens (including phenoxy) is 2. The number of tetrazole rings is 1. The Morgan fingerprint density at radius 3 is 2.74 bits per heavy atom. The highest BCUT2D eigenvalue weighted by Crippen LogP contribution is 2.35. The molecule has 2 aromatic heterocycles. The van der Waals surface area contributed by atoms with Crippen molar-refractivity contribution < 1.29 is 9.47 Å². The molecule has 1 atom stereocenters. The van der Waals surface area contributed by atoms with Crippen molar-refractivity contribution in [3.63, 3.8) is 0 Å². The Morgan fingerprint density at radius 1 is 1.05 bits per heavy atom. The van der Waals surface area contributed by atoms with Gasteiger partial charge < -0.3 is 14.5 Å². The fourth-order valence-corrected chi connectivity index (χ4v) is 5.87. The Labute approximate surface area is 221 Å². The molecule has 0 amide bonds. The monoisotopic (exact) mass is 514 g/mol. The van der Waals surface area contributed by atoms with Crippen molar-refractivity contribution in [2.24, 2.45) is 0 Å². The van der Waals surface area contributed by atoms with Gasteiger partial charge >= 0.3 is 0 Å². The molecule has 0 unspecified atom stereocenters. The third-order valence-electron chi connectivity index (χ3n) is 7.84. The van der Waals surface area contributed by atoms with Crippen LogP contribution in [-0.4, -0.2) is 36.9 Å². The van der Waals surface area contributed by atoms with Crippen LogP contribution in [0.3, 0.4) is 0 Å². The summed E-state index contributed by atoms with van der Waals surface area (Å²) in [6, 6.07) is 14.4. The topological polar surface area (TPSA) is 98.2 Å². The first-order chi connectivity index (χ1) is 18.6. The van der Waals surface area contributed by atoms with Gasteiger partial charge in [-0.1, -0.05) is 43.9 Å². The second kappa shape index (κ2) is 10.6. The summed E-state index contributed by atoms with van der Waals surface area (Å²) in [5.41, 5.74) is 3.74. The van der Waals surface area contributed by atoms with E-state index in [4.69, 9.17) is 9.47 Å². The van der Waals surface area contributed by atoms with E-state index in [1.165, 1.54) is 19.3 Å². The first-order valence-electron chi connectivity index (χ1n) is 13.6. The van der Waals surface area contributed by atoms with Gasteiger partial charge in [0.2, 0.25) is 6.79 Å². The first kappa shape index (κ1) is 24.6. The van der Waals surface area contributed by atoms with Crippen molar-refractivity contribution >= 4 is 10.9 Å². The van der Waals surface area contributed by atoms with Crippen molar-refractivity contribution in [3.05, 3.63) is 75.3 Å². The van der Waals surface area contributed by atoms with Gasteiger partial charge in [-0.05, 0) is 77.9 Å². The molecule has 0 bridgehead atoms. The third-order valence-corrected chi connectivity index (χ3v) is 7.84. The van der Waals surface area contributed by atoms with Gasteiger partial charge in [0.1, 0.15) is 0 Å². The number of pyridine rings is 1. The number of H-pyrrole nitrogens is 1. The van der Waals surface area contributed by atoms with Crippen molar-refractivity contribution in [3.8, 4) is 11.5 Å². The largest absolute Gasteiger partial charge is 0.454 e. The molecule has 6 rings (SSSR count). The maximum atomic E-state index is 13.2. The van der Waals surface area contributed by atoms with Crippen LogP contribution in [0.1, 0.15) is 80.0 Å². The maximum Gasteiger partial charge on any atom is 0.252 e. The zero-order chi connectivity index (χ0) is 26.1. The summed E-state index contributed by atoms with van der Waals surface area (Å²) in [6.07, 6.45) is 6.68. The van der Waals surface area contributed by atoms with Crippen LogP contribution in [0.15, 0.2) is 47.3 Å². The molecule has 1 N–H and O–H groups in total. The summed E-state index contributed by atoms with van der Waals surface area (Å²) in [6.45, 7) is 5.53. The molecule has 1 fully saturated rings. The van der Waals surface area contributed by atoms with Crippen LogP contribution in [0, 0.1) is 6.92 Å². The number of aryl methyl sites for hydroxylation is 1. The number of benzene rings is 2. The van der Waals surface area contributed by atoms with Crippen molar-refractivity contribution in [1.82, 2.24) is 30.1 Å². The van der Waals surface area contributed by atoms with Crippen LogP contribution in [-0.2, 0) is 13.1 Å². The van der Waals surface area contributed by atoms with Crippen LogP contribution in [0.25, 0.3) is 10.9 Å². The van der Waals surface area contributed by atoms with Crippen LogP contribution in [0.4, 0.5) is 0 Å². The summed E-state index contributed by atoms with van der Waals surface area (Å²) in [4.78, 5) is 18.6. The lowest BCUT2D eigenvalue weighted by Crippen LogP contribution is -2.33. The average Bonchev–Trinajstić information content (AvgIpc) is 3.60. The molecular formula is C29H34N6O3. The van der Waals surface area contributed by atoms with Crippen molar-refractivity contribution in [2.45, 2.75) is 77.5 Å². The SMILES string of the molecule is CC[C@H](c1nnnn1C1CCCCC1)N(Cc1ccc2c(c1)OCO2)Cc1cc2cc(C)ccc2[nH]c1=O. The van der Waals surface area contributed by atoms with Gasteiger partial charge in [0.05, 0.1) is 12.1 Å². The molecule has 4 aromatic rings. The molecule has 1 saturated carbocycles. The fourth-order valence-electron chi connectivity index (χ4n) is 5.87. The number of aromatic amines is 1. The zero-order valence-corrected chi connectivity index (χ0v) is 22.0. The number of hydrogen-bond donors (Lipinski definition) is 1. The lowest BCUT2D eigenvalue weighted by atomic mass is 9.95. The van der Waals surface area contributed by atoms with Gasteiger partial charge in [-0.3, -0.25) is 9.69 Å². The molecular weight excluding hydrogens is 480 g/mol. The van der Waals surface area contributed by atoms with Gasteiger partial charge in [-0.2, -0.15) is 0 Å². The molecule has 198 valence electrons. The molecule has 9 heteroatoms. The van der Waals surface area contributed by atoms with Crippen LogP contribution in [0.5, 0.6) is 11.5 Å². The van der Waals surface area contributed by atoms with Gasteiger partial charge in [0.25, 0.3) is 5.56 Å². The summed E-state index contributed by atoms with van der Waals surface area (Å²) in [5.74, 6) is 2.38. The van der Waals surface area contributed by atoms with Gasteiger partial charge in [0.15, 0.2) is 17.3 Å². The number of fused-ring (bicyclic) bond motifs is 2. The van der Waals surface area contributed by atoms with Gasteiger partial charge in [-0.15, -0.1) is 5.10 Å². The number of hydrogen-bond acceptors (Lipinski definition) is 7.